The van der Waals surface area contributed by atoms with Gasteiger partial charge in [0.1, 0.15) is 0 Å². The van der Waals surface area contributed by atoms with E-state index >= 15 is 0 Å². The van der Waals surface area contributed by atoms with Crippen molar-refractivity contribution in [2.45, 2.75) is 26.3 Å². The summed E-state index contributed by atoms with van der Waals surface area (Å²) in [6, 6.07) is 6.23. The highest BCUT2D eigenvalue weighted by molar-refractivity contribution is 5.50. The van der Waals surface area contributed by atoms with Crippen molar-refractivity contribution in [1.29, 1.82) is 0 Å². The fourth-order valence-electron chi connectivity index (χ4n) is 1.54. The fourth-order valence-corrected chi connectivity index (χ4v) is 1.54. The summed E-state index contributed by atoms with van der Waals surface area (Å²) in [5.41, 5.74) is 9.33. The van der Waals surface area contributed by atoms with Crippen molar-refractivity contribution >= 4 is 6.08 Å². The monoisotopic (exact) mass is 175 g/mol. The molecule has 0 spiro atoms. The van der Waals surface area contributed by atoms with E-state index in [4.69, 9.17) is 5.73 Å². The summed E-state index contributed by atoms with van der Waals surface area (Å²) in [5.74, 6) is 0. The number of nitrogens with two attached hydrogens (primary N) is 1. The van der Waals surface area contributed by atoms with Crippen LogP contribution in [0, 0.1) is 6.92 Å². The molecule has 0 atom stereocenters. The van der Waals surface area contributed by atoms with E-state index in [-0.39, 0.29) is 5.54 Å². The highest BCUT2D eigenvalue weighted by atomic mass is 14.7. The van der Waals surface area contributed by atoms with Gasteiger partial charge >= 0.3 is 0 Å². The van der Waals surface area contributed by atoms with Gasteiger partial charge in [-0.3, -0.25) is 0 Å². The molecular weight excluding hydrogens is 158 g/mol. The third-order valence-corrected chi connectivity index (χ3v) is 2.18. The minimum atomic E-state index is -0.260. The zero-order valence-electron chi connectivity index (χ0n) is 8.59. The Morgan fingerprint density at radius 2 is 2.00 bits per heavy atom. The van der Waals surface area contributed by atoms with Crippen LogP contribution in [-0.2, 0) is 5.54 Å². The van der Waals surface area contributed by atoms with Gasteiger partial charge in [-0.15, -0.1) is 0 Å². The van der Waals surface area contributed by atoms with Crippen molar-refractivity contribution in [3.05, 3.63) is 41.5 Å². The van der Waals surface area contributed by atoms with Crippen LogP contribution in [0.5, 0.6) is 0 Å². The van der Waals surface area contributed by atoms with Gasteiger partial charge in [-0.25, -0.2) is 0 Å². The lowest BCUT2D eigenvalue weighted by atomic mass is 9.90. The van der Waals surface area contributed by atoms with Gasteiger partial charge in [-0.05, 0) is 37.5 Å². The molecule has 0 amide bonds. The summed E-state index contributed by atoms with van der Waals surface area (Å²) in [7, 11) is 0. The summed E-state index contributed by atoms with van der Waals surface area (Å²) in [4.78, 5) is 0. The molecule has 0 radical (unpaired) electrons. The summed E-state index contributed by atoms with van der Waals surface area (Å²) in [5, 5.41) is 0. The zero-order valence-corrected chi connectivity index (χ0v) is 8.59. The van der Waals surface area contributed by atoms with Crippen molar-refractivity contribution in [1.82, 2.24) is 0 Å². The van der Waals surface area contributed by atoms with Gasteiger partial charge < -0.3 is 5.73 Å². The first-order chi connectivity index (χ1) is 5.95. The Hall–Kier alpha value is -1.08. The molecule has 1 aromatic carbocycles. The molecule has 0 fully saturated rings. The summed E-state index contributed by atoms with van der Waals surface area (Å²) in [6.45, 7) is 9.85. The molecule has 1 nitrogen and oxygen atoms in total. The number of benzene rings is 1. The number of rotatable bonds is 2. The molecule has 0 aromatic heterocycles. The van der Waals surface area contributed by atoms with E-state index in [9.17, 15) is 0 Å². The maximum atomic E-state index is 6.02. The number of aryl methyl sites for hydroxylation is 1. The Labute approximate surface area is 80.3 Å². The minimum absolute atomic E-state index is 0.260. The van der Waals surface area contributed by atoms with Crippen molar-refractivity contribution in [2.24, 2.45) is 5.73 Å². The van der Waals surface area contributed by atoms with Gasteiger partial charge in [0.25, 0.3) is 0 Å². The third kappa shape index (κ3) is 2.19. The second kappa shape index (κ2) is 3.35. The lowest BCUT2D eigenvalue weighted by Crippen LogP contribution is -2.29. The Bertz CT molecular complexity index is 318. The van der Waals surface area contributed by atoms with Crippen LogP contribution in [0.4, 0.5) is 0 Å². The van der Waals surface area contributed by atoms with E-state index < -0.39 is 0 Å². The van der Waals surface area contributed by atoms with Gasteiger partial charge in [0.15, 0.2) is 0 Å². The van der Waals surface area contributed by atoms with Crippen LogP contribution in [0.25, 0.3) is 6.08 Å². The van der Waals surface area contributed by atoms with Crippen molar-refractivity contribution in [3.8, 4) is 0 Å². The third-order valence-electron chi connectivity index (χ3n) is 2.18. The second-order valence-corrected chi connectivity index (χ2v) is 4.00. The predicted octanol–water partition coefficient (Wildman–Crippen LogP) is 2.83. The molecule has 2 N–H and O–H groups in total. The molecule has 0 saturated heterocycles. The summed E-state index contributed by atoms with van der Waals surface area (Å²) < 4.78 is 0. The Kier molecular flexibility index (Phi) is 2.58. The largest absolute Gasteiger partial charge is 0.322 e. The molecule has 1 heteroatoms. The normalized spacial score (nSPS) is 11.4. The van der Waals surface area contributed by atoms with Gasteiger partial charge in [-0.1, -0.05) is 30.9 Å². The molecule has 0 bridgehead atoms. The smallest absolute Gasteiger partial charge is 0.0355 e. The first kappa shape index (κ1) is 10.0. The van der Waals surface area contributed by atoms with E-state index in [1.165, 1.54) is 11.1 Å². The van der Waals surface area contributed by atoms with E-state index in [2.05, 4.69) is 25.6 Å². The maximum Gasteiger partial charge on any atom is 0.0355 e. The van der Waals surface area contributed by atoms with Crippen molar-refractivity contribution in [3.63, 3.8) is 0 Å². The zero-order chi connectivity index (χ0) is 10.1. The van der Waals surface area contributed by atoms with E-state index in [0.29, 0.717) is 0 Å². The molecule has 0 aliphatic rings. The lowest BCUT2D eigenvalue weighted by Gasteiger charge is -2.21. The Balaban J connectivity index is 3.20. The van der Waals surface area contributed by atoms with Crippen LogP contribution >= 0.6 is 0 Å². The molecular formula is C12H17N. The molecule has 1 aromatic rings. The molecule has 0 aliphatic carbocycles. The van der Waals surface area contributed by atoms with Crippen molar-refractivity contribution < 1.29 is 0 Å². The van der Waals surface area contributed by atoms with E-state index in [1.54, 1.807) is 0 Å². The molecule has 0 heterocycles. The summed E-state index contributed by atoms with van der Waals surface area (Å²) in [6.07, 6.45) is 1.85. The predicted molar refractivity (Wildman–Crippen MR) is 58.5 cm³/mol. The maximum absolute atomic E-state index is 6.02. The highest BCUT2D eigenvalue weighted by Crippen LogP contribution is 2.22. The summed E-state index contributed by atoms with van der Waals surface area (Å²) >= 11 is 0. The topological polar surface area (TPSA) is 26.0 Å². The molecule has 0 aliphatic heterocycles. The van der Waals surface area contributed by atoms with E-state index in [0.717, 1.165) is 5.56 Å². The van der Waals surface area contributed by atoms with Gasteiger partial charge in [-0.2, -0.15) is 0 Å². The van der Waals surface area contributed by atoms with Crippen LogP contribution in [0.15, 0.2) is 24.8 Å². The fraction of sp³-hybridized carbons (Fsp3) is 0.333. The second-order valence-electron chi connectivity index (χ2n) is 4.00. The minimum Gasteiger partial charge on any atom is -0.322 e. The standard InChI is InChI=1S/C12H17N/c1-5-10-6-7-11(9(2)8-10)12(3,4)13/h5-8H,1,13H2,2-4H3. The van der Waals surface area contributed by atoms with Crippen LogP contribution in [-0.4, -0.2) is 0 Å². The number of hydrogen-bond donors (Lipinski definition) is 1. The van der Waals surface area contributed by atoms with Crippen LogP contribution in [0.1, 0.15) is 30.5 Å². The van der Waals surface area contributed by atoms with Crippen LogP contribution < -0.4 is 5.73 Å². The first-order valence-electron chi connectivity index (χ1n) is 4.47. The molecule has 0 saturated carbocycles. The first-order valence-corrected chi connectivity index (χ1v) is 4.47. The van der Waals surface area contributed by atoms with E-state index in [1.807, 2.05) is 26.0 Å². The lowest BCUT2D eigenvalue weighted by molar-refractivity contribution is 0.551. The SMILES string of the molecule is C=Cc1ccc(C(C)(C)N)c(C)c1. The Morgan fingerprint density at radius 3 is 2.38 bits per heavy atom. The molecule has 13 heavy (non-hydrogen) atoms. The van der Waals surface area contributed by atoms with Gasteiger partial charge in [0, 0.05) is 5.54 Å². The Morgan fingerprint density at radius 1 is 1.38 bits per heavy atom. The number of hydrogen-bond acceptors (Lipinski definition) is 1. The van der Waals surface area contributed by atoms with Crippen LogP contribution in [0.3, 0.4) is 0 Å². The van der Waals surface area contributed by atoms with Crippen molar-refractivity contribution in [2.75, 3.05) is 0 Å². The highest BCUT2D eigenvalue weighted by Gasteiger charge is 2.15. The average Bonchev–Trinajstić information content (AvgIpc) is 2.01. The van der Waals surface area contributed by atoms with Gasteiger partial charge in [0.05, 0.1) is 0 Å². The quantitative estimate of drug-likeness (QED) is 0.735. The van der Waals surface area contributed by atoms with Gasteiger partial charge in [0.2, 0.25) is 0 Å². The molecule has 1 rings (SSSR count). The molecule has 0 unspecified atom stereocenters. The molecule has 70 valence electrons. The van der Waals surface area contributed by atoms with Crippen LogP contribution in [0.2, 0.25) is 0 Å². The average molecular weight is 175 g/mol.